The van der Waals surface area contributed by atoms with Crippen LogP contribution in [0.1, 0.15) is 0 Å². The van der Waals surface area contributed by atoms with Crippen LogP contribution in [0.2, 0.25) is 0 Å². The number of rotatable bonds is 4. The van der Waals surface area contributed by atoms with E-state index in [0.29, 0.717) is 23.1 Å². The quantitative estimate of drug-likeness (QED) is 0.519. The van der Waals surface area contributed by atoms with E-state index in [9.17, 15) is 0 Å². The lowest BCUT2D eigenvalue weighted by Gasteiger charge is -2.09. The number of anilines is 1. The molecular weight excluding hydrogens is 250 g/mol. The summed E-state index contributed by atoms with van der Waals surface area (Å²) in [5, 5.41) is 0.835. The number of hydrogen-bond acceptors (Lipinski definition) is 6. The predicted octanol–water partition coefficient (Wildman–Crippen LogP) is 2.58. The fourth-order valence-electron chi connectivity index (χ4n) is 1.33. The van der Waals surface area contributed by atoms with Crippen LogP contribution in [0.3, 0.4) is 0 Å². The van der Waals surface area contributed by atoms with E-state index in [-0.39, 0.29) is 0 Å². The first kappa shape index (κ1) is 12.5. The van der Waals surface area contributed by atoms with Crippen LogP contribution in [0.4, 0.5) is 5.69 Å². The zero-order valence-electron chi connectivity index (χ0n) is 10.1. The van der Waals surface area contributed by atoms with Gasteiger partial charge in [-0.15, -0.1) is 11.8 Å². The molecule has 0 radical (unpaired) electrons. The van der Waals surface area contributed by atoms with Crippen LogP contribution in [0, 0.1) is 0 Å². The van der Waals surface area contributed by atoms with Crippen LogP contribution in [0.15, 0.2) is 35.6 Å². The van der Waals surface area contributed by atoms with Crippen molar-refractivity contribution in [2.45, 2.75) is 5.03 Å². The molecular formula is C12H13N3O2S. The van der Waals surface area contributed by atoms with Crippen LogP contribution in [0.25, 0.3) is 0 Å². The Morgan fingerprint density at radius 2 is 2.06 bits per heavy atom. The van der Waals surface area contributed by atoms with Gasteiger partial charge in [0.2, 0.25) is 5.88 Å². The Labute approximate surface area is 109 Å². The first-order valence-electron chi connectivity index (χ1n) is 5.20. The first-order chi connectivity index (χ1) is 8.72. The maximum absolute atomic E-state index is 5.83. The number of nitrogens with zero attached hydrogens (tertiary/aromatic N) is 2. The molecule has 0 aliphatic carbocycles. The summed E-state index contributed by atoms with van der Waals surface area (Å²) in [6.45, 7) is 0. The Morgan fingerprint density at radius 3 is 2.78 bits per heavy atom. The van der Waals surface area contributed by atoms with Crippen molar-refractivity contribution < 1.29 is 9.47 Å². The van der Waals surface area contributed by atoms with Gasteiger partial charge in [-0.05, 0) is 18.4 Å². The third-order valence-corrected chi connectivity index (χ3v) is 2.90. The second-order valence-electron chi connectivity index (χ2n) is 3.40. The molecule has 0 amide bonds. The highest BCUT2D eigenvalue weighted by atomic mass is 32.2. The van der Waals surface area contributed by atoms with Gasteiger partial charge in [0.25, 0.3) is 0 Å². The van der Waals surface area contributed by atoms with E-state index in [2.05, 4.69) is 9.97 Å². The summed E-state index contributed by atoms with van der Waals surface area (Å²) >= 11 is 1.52. The molecule has 94 valence electrons. The third-order valence-electron chi connectivity index (χ3n) is 2.26. The van der Waals surface area contributed by atoms with E-state index in [1.807, 2.05) is 6.26 Å². The van der Waals surface area contributed by atoms with Gasteiger partial charge in [0.1, 0.15) is 17.1 Å². The molecule has 1 heterocycles. The maximum Gasteiger partial charge on any atom is 0.223 e. The van der Waals surface area contributed by atoms with Crippen molar-refractivity contribution in [2.75, 3.05) is 19.1 Å². The molecule has 1 aromatic heterocycles. The molecule has 5 nitrogen and oxygen atoms in total. The van der Waals surface area contributed by atoms with Gasteiger partial charge in [-0.25, -0.2) is 9.97 Å². The minimum Gasteiger partial charge on any atom is -0.497 e. The summed E-state index contributed by atoms with van der Waals surface area (Å²) < 4.78 is 10.7. The number of hydrogen-bond donors (Lipinski definition) is 1. The Bertz CT molecular complexity index is 549. The average molecular weight is 263 g/mol. The smallest absolute Gasteiger partial charge is 0.223 e. The van der Waals surface area contributed by atoms with E-state index in [1.165, 1.54) is 18.1 Å². The summed E-state index contributed by atoms with van der Waals surface area (Å²) in [7, 11) is 1.59. The Morgan fingerprint density at radius 1 is 1.22 bits per heavy atom. The van der Waals surface area contributed by atoms with Crippen molar-refractivity contribution in [2.24, 2.45) is 0 Å². The number of ether oxygens (including phenoxy) is 2. The van der Waals surface area contributed by atoms with Crippen molar-refractivity contribution in [1.29, 1.82) is 0 Å². The number of aromatic nitrogens is 2. The molecule has 2 rings (SSSR count). The molecule has 0 atom stereocenters. The topological polar surface area (TPSA) is 70.3 Å². The number of thioether (sulfide) groups is 1. The number of methoxy groups -OCH3 is 1. The highest BCUT2D eigenvalue weighted by Crippen LogP contribution is 2.30. The largest absolute Gasteiger partial charge is 0.497 e. The molecule has 0 aliphatic heterocycles. The van der Waals surface area contributed by atoms with Crippen LogP contribution in [0.5, 0.6) is 17.4 Å². The molecule has 0 spiro atoms. The van der Waals surface area contributed by atoms with Gasteiger partial charge >= 0.3 is 0 Å². The van der Waals surface area contributed by atoms with E-state index in [1.54, 1.807) is 31.4 Å². The van der Waals surface area contributed by atoms with Crippen LogP contribution in [-0.2, 0) is 0 Å². The number of nitrogens with two attached hydrogens (primary N) is 1. The molecule has 1 aromatic carbocycles. The lowest BCUT2D eigenvalue weighted by atomic mass is 10.3. The fourth-order valence-corrected chi connectivity index (χ4v) is 1.70. The van der Waals surface area contributed by atoms with Crippen molar-refractivity contribution in [3.63, 3.8) is 0 Å². The minimum atomic E-state index is 0.453. The SMILES string of the molecule is COc1ccc(N)c(Oc2cc(SC)ncn2)c1. The van der Waals surface area contributed by atoms with Crippen LogP contribution in [-0.4, -0.2) is 23.3 Å². The highest BCUT2D eigenvalue weighted by Gasteiger charge is 2.06. The predicted molar refractivity (Wildman–Crippen MR) is 71.3 cm³/mol. The summed E-state index contributed by atoms with van der Waals surface area (Å²) in [5.74, 6) is 1.65. The monoisotopic (exact) mass is 263 g/mol. The van der Waals surface area contributed by atoms with E-state index in [4.69, 9.17) is 15.2 Å². The van der Waals surface area contributed by atoms with Crippen LogP contribution >= 0.6 is 11.8 Å². The van der Waals surface area contributed by atoms with Gasteiger partial charge in [0, 0.05) is 12.1 Å². The fraction of sp³-hybridized carbons (Fsp3) is 0.167. The van der Waals surface area contributed by atoms with Gasteiger partial charge in [-0.2, -0.15) is 0 Å². The Balaban J connectivity index is 2.27. The van der Waals surface area contributed by atoms with E-state index in [0.717, 1.165) is 5.03 Å². The molecule has 0 aliphatic rings. The van der Waals surface area contributed by atoms with Crippen molar-refractivity contribution in [3.05, 3.63) is 30.6 Å². The van der Waals surface area contributed by atoms with Crippen molar-refractivity contribution in [1.82, 2.24) is 9.97 Å². The minimum absolute atomic E-state index is 0.453. The molecule has 0 unspecified atom stereocenters. The molecule has 18 heavy (non-hydrogen) atoms. The summed E-state index contributed by atoms with van der Waals surface area (Å²) in [6.07, 6.45) is 3.39. The van der Waals surface area contributed by atoms with E-state index < -0.39 is 0 Å². The second kappa shape index (κ2) is 5.59. The zero-order chi connectivity index (χ0) is 13.0. The molecule has 2 aromatic rings. The average Bonchev–Trinajstić information content (AvgIpc) is 2.41. The maximum atomic E-state index is 5.83. The molecule has 0 bridgehead atoms. The molecule has 6 heteroatoms. The van der Waals surface area contributed by atoms with Gasteiger partial charge in [0.15, 0.2) is 5.75 Å². The van der Waals surface area contributed by atoms with Crippen LogP contribution < -0.4 is 15.2 Å². The standard InChI is InChI=1S/C12H13N3O2S/c1-16-8-3-4-9(13)10(5-8)17-11-6-12(18-2)15-7-14-11/h3-7H,13H2,1-2H3. The Kier molecular flexibility index (Phi) is 3.88. The van der Waals surface area contributed by atoms with Gasteiger partial charge in [-0.3, -0.25) is 0 Å². The first-order valence-corrected chi connectivity index (χ1v) is 6.43. The Hall–Kier alpha value is -1.95. The van der Waals surface area contributed by atoms with Crippen molar-refractivity contribution in [3.8, 4) is 17.4 Å². The normalized spacial score (nSPS) is 10.1. The summed E-state index contributed by atoms with van der Waals surface area (Å²) in [6, 6.07) is 6.97. The van der Waals surface area contributed by atoms with Crippen molar-refractivity contribution >= 4 is 17.4 Å². The highest BCUT2D eigenvalue weighted by molar-refractivity contribution is 7.98. The lowest BCUT2D eigenvalue weighted by Crippen LogP contribution is -1.95. The molecule has 2 N–H and O–H groups in total. The number of benzene rings is 1. The van der Waals surface area contributed by atoms with Gasteiger partial charge in [-0.1, -0.05) is 0 Å². The zero-order valence-corrected chi connectivity index (χ0v) is 10.9. The third kappa shape index (κ3) is 2.84. The summed E-state index contributed by atoms with van der Waals surface area (Å²) in [5.41, 5.74) is 6.36. The molecule has 0 saturated carbocycles. The van der Waals surface area contributed by atoms with E-state index >= 15 is 0 Å². The lowest BCUT2D eigenvalue weighted by molar-refractivity contribution is 0.407. The second-order valence-corrected chi connectivity index (χ2v) is 4.23. The number of nitrogen functional groups attached to an aromatic ring is 1. The molecule has 0 saturated heterocycles. The summed E-state index contributed by atoms with van der Waals surface area (Å²) in [4.78, 5) is 8.11. The van der Waals surface area contributed by atoms with Gasteiger partial charge in [0.05, 0.1) is 12.8 Å². The molecule has 0 fully saturated rings. The van der Waals surface area contributed by atoms with Gasteiger partial charge < -0.3 is 15.2 Å².